The summed E-state index contributed by atoms with van der Waals surface area (Å²) in [6, 6.07) is 7.28. The highest BCUT2D eigenvalue weighted by Crippen LogP contribution is 2.25. The number of hydrogen-bond acceptors (Lipinski definition) is 2. The number of nitrogens with zero attached hydrogens (tertiary/aromatic N) is 2. The molecule has 0 radical (unpaired) electrons. The third-order valence-corrected chi connectivity index (χ3v) is 3.46. The van der Waals surface area contributed by atoms with Crippen molar-refractivity contribution in [1.29, 1.82) is 0 Å². The molecule has 0 fully saturated rings. The number of aromatic nitrogens is 2. The molecule has 0 N–H and O–H groups in total. The van der Waals surface area contributed by atoms with Crippen LogP contribution in [0.2, 0.25) is 15.2 Å². The van der Waals surface area contributed by atoms with Gasteiger partial charge < -0.3 is 0 Å². The summed E-state index contributed by atoms with van der Waals surface area (Å²) in [4.78, 5) is 11.9. The zero-order chi connectivity index (χ0) is 12.6. The predicted octanol–water partition coefficient (Wildman–Crippen LogP) is 3.50. The normalized spacial score (nSPS) is 10.6. The van der Waals surface area contributed by atoms with E-state index in [1.54, 1.807) is 12.1 Å². The Bertz CT molecular complexity index is 637. The Morgan fingerprint density at radius 3 is 2.41 bits per heavy atom. The minimum Gasteiger partial charge on any atom is -0.266 e. The maximum absolute atomic E-state index is 11.9. The van der Waals surface area contributed by atoms with E-state index in [0.29, 0.717) is 5.69 Å². The van der Waals surface area contributed by atoms with E-state index in [0.717, 1.165) is 10.2 Å². The molecule has 0 bridgehead atoms. The SMILES string of the molecule is Cc1ccccc1-n1nc(Cl)c(Cl)c(Cl)c1=O. The quantitative estimate of drug-likeness (QED) is 0.805. The molecule has 6 heteroatoms. The highest BCUT2D eigenvalue weighted by atomic mass is 35.5. The van der Waals surface area contributed by atoms with Crippen LogP contribution in [0.4, 0.5) is 0 Å². The van der Waals surface area contributed by atoms with Crippen LogP contribution in [0.15, 0.2) is 29.1 Å². The van der Waals surface area contributed by atoms with Crippen LogP contribution in [-0.4, -0.2) is 9.78 Å². The van der Waals surface area contributed by atoms with Crippen molar-refractivity contribution in [1.82, 2.24) is 9.78 Å². The van der Waals surface area contributed by atoms with Gasteiger partial charge in [-0.2, -0.15) is 9.78 Å². The summed E-state index contributed by atoms with van der Waals surface area (Å²) in [6.07, 6.45) is 0. The minimum atomic E-state index is -0.490. The van der Waals surface area contributed by atoms with Gasteiger partial charge in [0.15, 0.2) is 5.15 Å². The second-order valence-corrected chi connectivity index (χ2v) is 4.54. The molecule has 0 aliphatic rings. The Morgan fingerprint density at radius 2 is 1.76 bits per heavy atom. The van der Waals surface area contributed by atoms with Crippen molar-refractivity contribution in [2.45, 2.75) is 6.92 Å². The molecular weight excluding hydrogens is 282 g/mol. The van der Waals surface area contributed by atoms with E-state index in [1.165, 1.54) is 0 Å². The van der Waals surface area contributed by atoms with Crippen molar-refractivity contribution < 1.29 is 0 Å². The van der Waals surface area contributed by atoms with Crippen molar-refractivity contribution in [2.24, 2.45) is 0 Å². The Balaban J connectivity index is 2.78. The van der Waals surface area contributed by atoms with Crippen LogP contribution >= 0.6 is 34.8 Å². The second-order valence-electron chi connectivity index (χ2n) is 3.42. The average Bonchev–Trinajstić information content (AvgIpc) is 2.32. The fourth-order valence-corrected chi connectivity index (χ4v) is 1.93. The van der Waals surface area contributed by atoms with Crippen LogP contribution in [-0.2, 0) is 0 Å². The Hall–Kier alpha value is -1.03. The van der Waals surface area contributed by atoms with Gasteiger partial charge in [-0.3, -0.25) is 4.79 Å². The van der Waals surface area contributed by atoms with E-state index in [2.05, 4.69) is 5.10 Å². The number of para-hydroxylation sites is 1. The van der Waals surface area contributed by atoms with Crippen LogP contribution in [0, 0.1) is 6.92 Å². The number of benzene rings is 1. The minimum absolute atomic E-state index is 0.000445. The Morgan fingerprint density at radius 1 is 1.12 bits per heavy atom. The molecule has 0 aliphatic heterocycles. The summed E-state index contributed by atoms with van der Waals surface area (Å²) in [6.45, 7) is 1.86. The molecule has 0 atom stereocenters. The number of halogens is 3. The van der Waals surface area contributed by atoms with Gasteiger partial charge in [-0.05, 0) is 18.6 Å². The van der Waals surface area contributed by atoms with E-state index < -0.39 is 5.56 Å². The average molecular weight is 290 g/mol. The second kappa shape index (κ2) is 4.69. The molecule has 0 aliphatic carbocycles. The first-order valence-corrected chi connectivity index (χ1v) is 5.85. The van der Waals surface area contributed by atoms with Gasteiger partial charge in [-0.25, -0.2) is 0 Å². The molecule has 2 aromatic rings. The fourth-order valence-electron chi connectivity index (χ4n) is 1.42. The van der Waals surface area contributed by atoms with Gasteiger partial charge in [-0.15, -0.1) is 0 Å². The zero-order valence-electron chi connectivity index (χ0n) is 8.75. The largest absolute Gasteiger partial charge is 0.291 e. The summed E-state index contributed by atoms with van der Waals surface area (Å²) in [5.41, 5.74) is 1.02. The summed E-state index contributed by atoms with van der Waals surface area (Å²) in [5.74, 6) is 0. The first kappa shape index (κ1) is 12.4. The molecule has 1 aromatic heterocycles. The molecule has 17 heavy (non-hydrogen) atoms. The lowest BCUT2D eigenvalue weighted by Gasteiger charge is -2.09. The van der Waals surface area contributed by atoms with Crippen molar-refractivity contribution in [3.63, 3.8) is 0 Å². The predicted molar refractivity (Wildman–Crippen MR) is 69.6 cm³/mol. The van der Waals surface area contributed by atoms with Crippen LogP contribution in [0.25, 0.3) is 5.69 Å². The topological polar surface area (TPSA) is 34.9 Å². The highest BCUT2D eigenvalue weighted by molar-refractivity contribution is 6.47. The van der Waals surface area contributed by atoms with E-state index in [-0.39, 0.29) is 15.2 Å². The zero-order valence-corrected chi connectivity index (χ0v) is 11.0. The van der Waals surface area contributed by atoms with Crippen LogP contribution in [0.1, 0.15) is 5.56 Å². The van der Waals surface area contributed by atoms with Gasteiger partial charge >= 0.3 is 0 Å². The lowest BCUT2D eigenvalue weighted by molar-refractivity contribution is 0.802. The van der Waals surface area contributed by atoms with Gasteiger partial charge in [0.2, 0.25) is 0 Å². The molecule has 0 saturated carbocycles. The van der Waals surface area contributed by atoms with E-state index >= 15 is 0 Å². The van der Waals surface area contributed by atoms with E-state index in [9.17, 15) is 4.79 Å². The van der Waals surface area contributed by atoms with E-state index in [4.69, 9.17) is 34.8 Å². The molecule has 1 aromatic carbocycles. The van der Waals surface area contributed by atoms with Crippen LogP contribution in [0.5, 0.6) is 0 Å². The molecule has 2 rings (SSSR count). The number of aryl methyl sites for hydroxylation is 1. The molecule has 3 nitrogen and oxygen atoms in total. The Kier molecular flexibility index (Phi) is 3.43. The van der Waals surface area contributed by atoms with Gasteiger partial charge in [0, 0.05) is 0 Å². The van der Waals surface area contributed by atoms with Crippen molar-refractivity contribution in [3.8, 4) is 5.69 Å². The summed E-state index contributed by atoms with van der Waals surface area (Å²) in [5, 5.41) is 3.76. The van der Waals surface area contributed by atoms with E-state index in [1.807, 2.05) is 19.1 Å². The molecule has 0 amide bonds. The summed E-state index contributed by atoms with van der Waals surface area (Å²) < 4.78 is 1.14. The van der Waals surface area contributed by atoms with Crippen LogP contribution < -0.4 is 5.56 Å². The standard InChI is InChI=1S/C11H7Cl3N2O/c1-6-4-2-3-5-7(6)16-11(17)9(13)8(12)10(14)15-16/h2-5H,1H3. The molecule has 0 unspecified atom stereocenters. The van der Waals surface area contributed by atoms with Gasteiger partial charge in [0.1, 0.15) is 10.0 Å². The molecule has 1 heterocycles. The third-order valence-electron chi connectivity index (χ3n) is 2.29. The number of hydrogen-bond donors (Lipinski definition) is 0. The van der Waals surface area contributed by atoms with Crippen molar-refractivity contribution in [3.05, 3.63) is 55.4 Å². The fraction of sp³-hybridized carbons (Fsp3) is 0.0909. The Labute approximate surface area is 113 Å². The highest BCUT2D eigenvalue weighted by Gasteiger charge is 2.14. The third kappa shape index (κ3) is 2.18. The maximum atomic E-state index is 11.9. The molecule has 0 saturated heterocycles. The first-order valence-electron chi connectivity index (χ1n) is 4.72. The van der Waals surface area contributed by atoms with Gasteiger partial charge in [-0.1, -0.05) is 53.0 Å². The lowest BCUT2D eigenvalue weighted by atomic mass is 10.2. The lowest BCUT2D eigenvalue weighted by Crippen LogP contribution is -2.22. The summed E-state index contributed by atoms with van der Waals surface area (Å²) in [7, 11) is 0. The summed E-state index contributed by atoms with van der Waals surface area (Å²) >= 11 is 17.3. The smallest absolute Gasteiger partial charge is 0.266 e. The molecule has 0 spiro atoms. The van der Waals surface area contributed by atoms with Crippen molar-refractivity contribution in [2.75, 3.05) is 0 Å². The first-order chi connectivity index (χ1) is 8.02. The maximum Gasteiger partial charge on any atom is 0.291 e. The van der Waals surface area contributed by atoms with Crippen LogP contribution in [0.3, 0.4) is 0 Å². The van der Waals surface area contributed by atoms with Gasteiger partial charge in [0.25, 0.3) is 5.56 Å². The number of rotatable bonds is 1. The molecular formula is C11H7Cl3N2O. The van der Waals surface area contributed by atoms with Gasteiger partial charge in [0.05, 0.1) is 5.69 Å². The monoisotopic (exact) mass is 288 g/mol. The molecule has 88 valence electrons. The van der Waals surface area contributed by atoms with Crippen molar-refractivity contribution >= 4 is 34.8 Å².